The Morgan fingerprint density at radius 2 is 2.20 bits per heavy atom. The third-order valence-corrected chi connectivity index (χ3v) is 3.37. The van der Waals surface area contributed by atoms with Crippen LogP contribution < -0.4 is 5.32 Å². The quantitative estimate of drug-likeness (QED) is 0.799. The summed E-state index contributed by atoms with van der Waals surface area (Å²) in [5.41, 5.74) is 0.992. The zero-order valence-electron chi connectivity index (χ0n) is 11.4. The van der Waals surface area contributed by atoms with Crippen LogP contribution in [0.25, 0.3) is 11.4 Å². The van der Waals surface area contributed by atoms with Crippen molar-refractivity contribution in [3.63, 3.8) is 0 Å². The van der Waals surface area contributed by atoms with E-state index in [0.717, 1.165) is 31.7 Å². The minimum Gasteiger partial charge on any atom is -0.377 e. The van der Waals surface area contributed by atoms with Gasteiger partial charge in [-0.25, -0.2) is 0 Å². The van der Waals surface area contributed by atoms with Crippen molar-refractivity contribution in [1.82, 2.24) is 25.5 Å². The molecule has 1 aromatic heterocycles. The summed E-state index contributed by atoms with van der Waals surface area (Å²) >= 11 is 0. The Labute approximate surface area is 118 Å². The highest BCUT2D eigenvalue weighted by Crippen LogP contribution is 2.12. The van der Waals surface area contributed by atoms with Crippen molar-refractivity contribution in [2.75, 3.05) is 19.7 Å². The molecule has 0 aliphatic carbocycles. The number of hydrogen-bond acceptors (Lipinski definition) is 5. The van der Waals surface area contributed by atoms with Crippen LogP contribution in [0.5, 0.6) is 0 Å². The molecular formula is C14H19N5O. The van der Waals surface area contributed by atoms with Crippen molar-refractivity contribution in [2.45, 2.75) is 25.5 Å². The van der Waals surface area contributed by atoms with E-state index < -0.39 is 0 Å². The molecule has 0 bridgehead atoms. The topological polar surface area (TPSA) is 64.9 Å². The molecule has 1 aromatic carbocycles. The van der Waals surface area contributed by atoms with Crippen LogP contribution in [0.1, 0.15) is 12.8 Å². The highest BCUT2D eigenvalue weighted by atomic mass is 16.5. The van der Waals surface area contributed by atoms with Gasteiger partial charge in [0.15, 0.2) is 0 Å². The molecule has 1 aliphatic heterocycles. The van der Waals surface area contributed by atoms with Gasteiger partial charge in [-0.15, -0.1) is 10.2 Å². The summed E-state index contributed by atoms with van der Waals surface area (Å²) in [6.07, 6.45) is 2.71. The normalized spacial score (nSPS) is 18.5. The van der Waals surface area contributed by atoms with Gasteiger partial charge in [0.1, 0.15) is 0 Å². The van der Waals surface area contributed by atoms with Crippen LogP contribution in [0, 0.1) is 0 Å². The van der Waals surface area contributed by atoms with Crippen LogP contribution in [-0.2, 0) is 11.3 Å². The fourth-order valence-corrected chi connectivity index (χ4v) is 2.29. The molecule has 20 heavy (non-hydrogen) atoms. The largest absolute Gasteiger partial charge is 0.377 e. The molecule has 2 aromatic rings. The second kappa shape index (κ2) is 6.58. The van der Waals surface area contributed by atoms with Crippen LogP contribution in [-0.4, -0.2) is 46.0 Å². The van der Waals surface area contributed by atoms with E-state index in [-0.39, 0.29) is 0 Å². The van der Waals surface area contributed by atoms with Gasteiger partial charge in [0.05, 0.1) is 12.6 Å². The number of benzene rings is 1. The molecule has 3 rings (SSSR count). The Morgan fingerprint density at radius 3 is 3.00 bits per heavy atom. The fourth-order valence-electron chi connectivity index (χ4n) is 2.29. The molecule has 0 spiro atoms. The first-order valence-electron chi connectivity index (χ1n) is 7.07. The Bertz CT molecular complexity index is 521. The first kappa shape index (κ1) is 13.2. The summed E-state index contributed by atoms with van der Waals surface area (Å²) in [6.45, 7) is 3.34. The van der Waals surface area contributed by atoms with E-state index in [9.17, 15) is 0 Å². The van der Waals surface area contributed by atoms with Crippen molar-refractivity contribution >= 4 is 0 Å². The molecule has 2 heterocycles. The van der Waals surface area contributed by atoms with Crippen molar-refractivity contribution < 1.29 is 4.74 Å². The predicted octanol–water partition coefficient (Wildman–Crippen LogP) is 1.11. The van der Waals surface area contributed by atoms with Crippen LogP contribution >= 0.6 is 0 Å². The van der Waals surface area contributed by atoms with Gasteiger partial charge >= 0.3 is 0 Å². The van der Waals surface area contributed by atoms with Crippen molar-refractivity contribution in [2.24, 2.45) is 0 Å². The SMILES string of the molecule is c1ccc(-c2nnn(CCNCC3CCCO3)n2)cc1. The molecule has 1 N–H and O–H groups in total. The number of ether oxygens (including phenoxy) is 1. The molecule has 6 nitrogen and oxygen atoms in total. The molecule has 1 fully saturated rings. The molecular weight excluding hydrogens is 254 g/mol. The lowest BCUT2D eigenvalue weighted by Gasteiger charge is -2.09. The summed E-state index contributed by atoms with van der Waals surface area (Å²) < 4.78 is 5.55. The molecule has 0 radical (unpaired) electrons. The summed E-state index contributed by atoms with van der Waals surface area (Å²) in [5, 5.41) is 15.9. The van der Waals surface area contributed by atoms with E-state index in [4.69, 9.17) is 4.74 Å². The van der Waals surface area contributed by atoms with Gasteiger partial charge in [0, 0.05) is 25.3 Å². The van der Waals surface area contributed by atoms with Crippen molar-refractivity contribution in [3.05, 3.63) is 30.3 Å². The van der Waals surface area contributed by atoms with Crippen LogP contribution in [0.3, 0.4) is 0 Å². The van der Waals surface area contributed by atoms with Crippen LogP contribution in [0.15, 0.2) is 30.3 Å². The van der Waals surface area contributed by atoms with Gasteiger partial charge in [-0.05, 0) is 18.1 Å². The third kappa shape index (κ3) is 3.40. The molecule has 1 unspecified atom stereocenters. The van der Waals surface area contributed by atoms with E-state index in [2.05, 4.69) is 20.7 Å². The molecule has 106 valence electrons. The maximum atomic E-state index is 5.55. The van der Waals surface area contributed by atoms with Crippen molar-refractivity contribution in [1.29, 1.82) is 0 Å². The maximum Gasteiger partial charge on any atom is 0.204 e. The number of rotatable bonds is 6. The second-order valence-corrected chi connectivity index (χ2v) is 4.91. The minimum atomic E-state index is 0.374. The maximum absolute atomic E-state index is 5.55. The average molecular weight is 273 g/mol. The van der Waals surface area contributed by atoms with Crippen molar-refractivity contribution in [3.8, 4) is 11.4 Å². The Kier molecular flexibility index (Phi) is 4.35. The Balaban J connectivity index is 1.45. The Hall–Kier alpha value is -1.79. The number of nitrogens with zero attached hydrogens (tertiary/aromatic N) is 4. The van der Waals surface area contributed by atoms with Gasteiger partial charge in [0.2, 0.25) is 5.82 Å². The van der Waals surface area contributed by atoms with E-state index in [1.165, 1.54) is 6.42 Å². The molecule has 6 heteroatoms. The first-order chi connectivity index (χ1) is 9.92. The zero-order valence-corrected chi connectivity index (χ0v) is 11.4. The minimum absolute atomic E-state index is 0.374. The van der Waals surface area contributed by atoms with Gasteiger partial charge < -0.3 is 10.1 Å². The van der Waals surface area contributed by atoms with Gasteiger partial charge in [-0.3, -0.25) is 0 Å². The van der Waals surface area contributed by atoms with Crippen LogP contribution in [0.4, 0.5) is 0 Å². The fraction of sp³-hybridized carbons (Fsp3) is 0.500. The van der Waals surface area contributed by atoms with E-state index in [1.54, 1.807) is 4.80 Å². The van der Waals surface area contributed by atoms with E-state index >= 15 is 0 Å². The van der Waals surface area contributed by atoms with E-state index in [0.29, 0.717) is 18.5 Å². The first-order valence-corrected chi connectivity index (χ1v) is 7.07. The standard InChI is InChI=1S/C14H19N5O/c1-2-5-12(6-3-1)14-16-18-19(17-14)9-8-15-11-13-7-4-10-20-13/h1-3,5-6,13,15H,4,7-11H2. The molecule has 0 amide bonds. The molecule has 1 aliphatic rings. The Morgan fingerprint density at radius 1 is 1.30 bits per heavy atom. The van der Waals surface area contributed by atoms with E-state index in [1.807, 2.05) is 30.3 Å². The van der Waals surface area contributed by atoms with Gasteiger partial charge in [-0.1, -0.05) is 30.3 Å². The molecule has 1 atom stereocenters. The monoisotopic (exact) mass is 273 g/mol. The average Bonchev–Trinajstić information content (AvgIpc) is 3.16. The van der Waals surface area contributed by atoms with Gasteiger partial charge in [-0.2, -0.15) is 4.80 Å². The lowest BCUT2D eigenvalue weighted by atomic mass is 10.2. The number of nitrogens with one attached hydrogen (secondary N) is 1. The number of tetrazole rings is 1. The summed E-state index contributed by atoms with van der Waals surface area (Å²) in [7, 11) is 0. The molecule has 0 saturated carbocycles. The summed E-state index contributed by atoms with van der Waals surface area (Å²) in [6, 6.07) is 9.88. The lowest BCUT2D eigenvalue weighted by Crippen LogP contribution is -2.29. The third-order valence-electron chi connectivity index (χ3n) is 3.37. The highest BCUT2D eigenvalue weighted by molar-refractivity contribution is 5.52. The zero-order chi connectivity index (χ0) is 13.6. The smallest absolute Gasteiger partial charge is 0.204 e. The summed E-state index contributed by atoms with van der Waals surface area (Å²) in [4.78, 5) is 1.63. The van der Waals surface area contributed by atoms with Gasteiger partial charge in [0.25, 0.3) is 0 Å². The predicted molar refractivity (Wildman–Crippen MR) is 75.1 cm³/mol. The number of hydrogen-bond donors (Lipinski definition) is 1. The summed E-state index contributed by atoms with van der Waals surface area (Å²) in [5.74, 6) is 0.671. The highest BCUT2D eigenvalue weighted by Gasteiger charge is 2.14. The van der Waals surface area contributed by atoms with Crippen LogP contribution in [0.2, 0.25) is 0 Å². The lowest BCUT2D eigenvalue weighted by molar-refractivity contribution is 0.110. The second-order valence-electron chi connectivity index (χ2n) is 4.91. The number of aromatic nitrogens is 4. The molecule has 1 saturated heterocycles.